The summed E-state index contributed by atoms with van der Waals surface area (Å²) in [6.07, 6.45) is 1.42. The average molecular weight is 418 g/mol. The van der Waals surface area contributed by atoms with E-state index in [1.54, 1.807) is 0 Å². The van der Waals surface area contributed by atoms with Gasteiger partial charge in [-0.15, -0.1) is 0 Å². The fourth-order valence-corrected chi connectivity index (χ4v) is 3.70. The molecule has 0 fully saturated rings. The van der Waals surface area contributed by atoms with Gasteiger partial charge >= 0.3 is 0 Å². The van der Waals surface area contributed by atoms with Crippen molar-refractivity contribution in [3.05, 3.63) is 95.6 Å². The molecule has 1 N–H and O–H groups in total. The smallest absolute Gasteiger partial charge is 0.119 e. The van der Waals surface area contributed by atoms with Gasteiger partial charge in [-0.05, 0) is 81.6 Å². The first-order valence-corrected chi connectivity index (χ1v) is 11.3. The molecule has 31 heavy (non-hydrogen) atoms. The molecule has 1 atom stereocenters. The summed E-state index contributed by atoms with van der Waals surface area (Å²) in [6.45, 7) is 9.99. The topological polar surface area (TPSA) is 30.5 Å². The number of benzene rings is 3. The van der Waals surface area contributed by atoms with Crippen molar-refractivity contribution in [1.82, 2.24) is 5.32 Å². The fourth-order valence-electron chi connectivity index (χ4n) is 3.70. The average Bonchev–Trinajstić information content (AvgIpc) is 2.75. The summed E-state index contributed by atoms with van der Waals surface area (Å²) in [7, 11) is 0. The van der Waals surface area contributed by atoms with Crippen LogP contribution in [0.1, 0.15) is 56.7 Å². The van der Waals surface area contributed by atoms with Gasteiger partial charge in [0.1, 0.15) is 11.5 Å². The second-order valence-electron chi connectivity index (χ2n) is 8.47. The Morgan fingerprint density at radius 1 is 0.645 bits per heavy atom. The van der Waals surface area contributed by atoms with Gasteiger partial charge in [0.25, 0.3) is 0 Å². The molecular formula is C28H35NO2. The second-order valence-corrected chi connectivity index (χ2v) is 8.47. The van der Waals surface area contributed by atoms with Crippen LogP contribution in [0, 0.1) is 0 Å². The lowest BCUT2D eigenvalue weighted by Gasteiger charge is -2.19. The van der Waals surface area contributed by atoms with Crippen LogP contribution in [0.4, 0.5) is 0 Å². The van der Waals surface area contributed by atoms with Crippen LogP contribution in [0.5, 0.6) is 11.5 Å². The van der Waals surface area contributed by atoms with Crippen molar-refractivity contribution >= 4 is 0 Å². The monoisotopic (exact) mass is 417 g/mol. The van der Waals surface area contributed by atoms with E-state index in [0.29, 0.717) is 5.92 Å². The third kappa shape index (κ3) is 7.45. The molecule has 0 saturated heterocycles. The number of rotatable bonds is 11. The van der Waals surface area contributed by atoms with Crippen LogP contribution < -0.4 is 14.8 Å². The zero-order chi connectivity index (χ0) is 22.1. The Morgan fingerprint density at radius 3 is 1.71 bits per heavy atom. The summed E-state index contributed by atoms with van der Waals surface area (Å²) >= 11 is 0. The SMILES string of the molecule is CC(C)Oc1ccc(CNCC[C@@H](c2ccccc2)c2ccc(OC(C)C)cc2)cc1. The molecule has 0 unspecified atom stereocenters. The van der Waals surface area contributed by atoms with E-state index in [1.165, 1.54) is 16.7 Å². The molecule has 0 saturated carbocycles. The van der Waals surface area contributed by atoms with Crippen LogP contribution in [0.3, 0.4) is 0 Å². The van der Waals surface area contributed by atoms with Gasteiger partial charge in [-0.3, -0.25) is 0 Å². The van der Waals surface area contributed by atoms with E-state index in [9.17, 15) is 0 Å². The first-order valence-electron chi connectivity index (χ1n) is 11.3. The molecule has 0 aliphatic carbocycles. The highest BCUT2D eigenvalue weighted by Gasteiger charge is 2.14. The molecule has 0 spiro atoms. The van der Waals surface area contributed by atoms with E-state index >= 15 is 0 Å². The molecule has 0 radical (unpaired) electrons. The highest BCUT2D eigenvalue weighted by Crippen LogP contribution is 2.29. The summed E-state index contributed by atoms with van der Waals surface area (Å²) in [5.41, 5.74) is 3.93. The molecule has 164 valence electrons. The first-order chi connectivity index (χ1) is 15.0. The van der Waals surface area contributed by atoms with Crippen LogP contribution in [-0.4, -0.2) is 18.8 Å². The highest BCUT2D eigenvalue weighted by atomic mass is 16.5. The van der Waals surface area contributed by atoms with E-state index in [4.69, 9.17) is 9.47 Å². The van der Waals surface area contributed by atoms with Gasteiger partial charge in [0.15, 0.2) is 0 Å². The summed E-state index contributed by atoms with van der Waals surface area (Å²) in [4.78, 5) is 0. The van der Waals surface area contributed by atoms with Gasteiger partial charge in [0.2, 0.25) is 0 Å². The van der Waals surface area contributed by atoms with Crippen molar-refractivity contribution in [2.24, 2.45) is 0 Å². The Hall–Kier alpha value is -2.78. The molecule has 0 heterocycles. The minimum atomic E-state index is 0.186. The van der Waals surface area contributed by atoms with Crippen molar-refractivity contribution in [3.63, 3.8) is 0 Å². The van der Waals surface area contributed by atoms with Crippen LogP contribution in [0.15, 0.2) is 78.9 Å². The normalized spacial score (nSPS) is 12.2. The lowest BCUT2D eigenvalue weighted by atomic mass is 9.88. The largest absolute Gasteiger partial charge is 0.491 e. The number of hydrogen-bond acceptors (Lipinski definition) is 3. The third-order valence-electron chi connectivity index (χ3n) is 5.09. The van der Waals surface area contributed by atoms with Gasteiger partial charge < -0.3 is 14.8 Å². The zero-order valence-electron chi connectivity index (χ0n) is 19.2. The summed E-state index contributed by atoms with van der Waals surface area (Å²) < 4.78 is 11.5. The van der Waals surface area contributed by atoms with Gasteiger partial charge in [0.05, 0.1) is 12.2 Å². The maximum Gasteiger partial charge on any atom is 0.119 e. The predicted octanol–water partition coefficient (Wildman–Crippen LogP) is 6.57. The molecule has 3 aromatic rings. The van der Waals surface area contributed by atoms with E-state index in [-0.39, 0.29) is 12.2 Å². The van der Waals surface area contributed by atoms with Gasteiger partial charge in [-0.1, -0.05) is 54.6 Å². The van der Waals surface area contributed by atoms with Gasteiger partial charge in [-0.25, -0.2) is 0 Å². The maximum absolute atomic E-state index is 5.81. The van der Waals surface area contributed by atoms with Gasteiger partial charge in [-0.2, -0.15) is 0 Å². The van der Waals surface area contributed by atoms with E-state index < -0.39 is 0 Å². The summed E-state index contributed by atoms with van der Waals surface area (Å²) in [6, 6.07) is 27.7. The fraction of sp³-hybridized carbons (Fsp3) is 0.357. The molecule has 0 aromatic heterocycles. The number of hydrogen-bond donors (Lipinski definition) is 1. The zero-order valence-corrected chi connectivity index (χ0v) is 19.2. The molecular weight excluding hydrogens is 382 g/mol. The molecule has 3 rings (SSSR count). The van der Waals surface area contributed by atoms with Crippen molar-refractivity contribution in [2.75, 3.05) is 6.54 Å². The van der Waals surface area contributed by atoms with Gasteiger partial charge in [0, 0.05) is 12.5 Å². The van der Waals surface area contributed by atoms with Crippen molar-refractivity contribution < 1.29 is 9.47 Å². The lowest BCUT2D eigenvalue weighted by molar-refractivity contribution is 0.242. The quantitative estimate of drug-likeness (QED) is 0.358. The third-order valence-corrected chi connectivity index (χ3v) is 5.09. The van der Waals surface area contributed by atoms with Crippen molar-refractivity contribution in [1.29, 1.82) is 0 Å². The first kappa shape index (κ1) is 22.9. The minimum Gasteiger partial charge on any atom is -0.491 e. The predicted molar refractivity (Wildman–Crippen MR) is 129 cm³/mol. The van der Waals surface area contributed by atoms with Crippen molar-refractivity contribution in [2.45, 2.75) is 58.8 Å². The second kappa shape index (κ2) is 11.6. The summed E-state index contributed by atoms with van der Waals surface area (Å²) in [5.74, 6) is 2.20. The summed E-state index contributed by atoms with van der Waals surface area (Å²) in [5, 5.41) is 3.60. The van der Waals surface area contributed by atoms with E-state index in [2.05, 4.69) is 85.9 Å². The van der Waals surface area contributed by atoms with E-state index in [0.717, 1.165) is 31.0 Å². The molecule has 3 aromatic carbocycles. The van der Waals surface area contributed by atoms with E-state index in [1.807, 2.05) is 26.0 Å². The molecule has 3 nitrogen and oxygen atoms in total. The Labute approximate surface area is 187 Å². The lowest BCUT2D eigenvalue weighted by Crippen LogP contribution is -2.18. The van der Waals surface area contributed by atoms with Crippen molar-refractivity contribution in [3.8, 4) is 11.5 Å². The van der Waals surface area contributed by atoms with Crippen LogP contribution in [-0.2, 0) is 6.54 Å². The Balaban J connectivity index is 1.59. The Kier molecular flexibility index (Phi) is 8.54. The Morgan fingerprint density at radius 2 is 1.16 bits per heavy atom. The highest BCUT2D eigenvalue weighted by molar-refractivity contribution is 5.36. The molecule has 0 aliphatic heterocycles. The van der Waals surface area contributed by atoms with Crippen LogP contribution >= 0.6 is 0 Å². The molecule has 0 aliphatic rings. The molecule has 0 bridgehead atoms. The Bertz CT molecular complexity index is 887. The number of ether oxygens (including phenoxy) is 2. The minimum absolute atomic E-state index is 0.186. The standard InChI is InChI=1S/C28H35NO2/c1-21(2)30-26-14-10-23(11-15-26)20-29-19-18-28(24-8-6-5-7-9-24)25-12-16-27(17-13-25)31-22(3)4/h5-17,21-22,28-29H,18-20H2,1-4H3/t28-/m0/s1. The van der Waals surface area contributed by atoms with Crippen LogP contribution in [0.25, 0.3) is 0 Å². The number of nitrogens with one attached hydrogen (secondary N) is 1. The molecule has 3 heteroatoms. The molecule has 0 amide bonds. The maximum atomic E-state index is 5.81. The van der Waals surface area contributed by atoms with Crippen LogP contribution in [0.2, 0.25) is 0 Å².